The van der Waals surface area contributed by atoms with Gasteiger partial charge in [-0.1, -0.05) is 18.2 Å². The third kappa shape index (κ3) is 2.80. The number of rotatable bonds is 3. The van der Waals surface area contributed by atoms with Crippen molar-refractivity contribution >= 4 is 35.2 Å². The van der Waals surface area contributed by atoms with E-state index in [1.165, 1.54) is 35.3 Å². The maximum Gasteiger partial charge on any atom is 0.265 e. The molecule has 0 bridgehead atoms. The lowest BCUT2D eigenvalue weighted by Crippen LogP contribution is -2.53. The predicted octanol–water partition coefficient (Wildman–Crippen LogP) is 1.64. The van der Waals surface area contributed by atoms with Gasteiger partial charge in [0.05, 0.1) is 0 Å². The van der Waals surface area contributed by atoms with E-state index < -0.39 is 17.6 Å². The van der Waals surface area contributed by atoms with E-state index in [9.17, 15) is 14.0 Å². The molecular formula is C14H11FN2O2S. The van der Waals surface area contributed by atoms with Crippen molar-refractivity contribution in [2.75, 3.05) is 6.54 Å². The molecule has 2 amide bonds. The normalized spacial score (nSPS) is 17.4. The Morgan fingerprint density at radius 2 is 2.15 bits per heavy atom. The molecule has 1 aromatic carbocycles. The van der Waals surface area contributed by atoms with Crippen molar-refractivity contribution in [2.24, 2.45) is 0 Å². The van der Waals surface area contributed by atoms with Gasteiger partial charge in [-0.3, -0.25) is 19.8 Å². The number of hydrogen-bond acceptors (Lipinski definition) is 3. The Bertz CT molecular complexity index is 640. The number of hydrogen-bond donors (Lipinski definition) is 1. The second-order valence-corrected chi connectivity index (χ2v) is 4.46. The van der Waals surface area contributed by atoms with Crippen molar-refractivity contribution in [1.82, 2.24) is 10.2 Å². The predicted molar refractivity (Wildman–Crippen MR) is 77.0 cm³/mol. The molecule has 1 aromatic rings. The smallest absolute Gasteiger partial charge is 0.265 e. The summed E-state index contributed by atoms with van der Waals surface area (Å²) in [5.74, 6) is -1.56. The Morgan fingerprint density at radius 1 is 1.40 bits per heavy atom. The Balaban J connectivity index is 2.38. The maximum atomic E-state index is 13.1. The summed E-state index contributed by atoms with van der Waals surface area (Å²) in [4.78, 5) is 25.2. The minimum atomic E-state index is -0.593. The standard InChI is InChI=1S/C14H11FN2O2S/c1-2-6-17-13(19)11(12(18)16-14(17)20)8-9-4-3-5-10(15)7-9/h2-5,7-8H,1,6H2,(H,16,18,20). The average Bonchev–Trinajstić information content (AvgIpc) is 2.39. The van der Waals surface area contributed by atoms with E-state index in [0.29, 0.717) is 5.56 Å². The third-order valence-electron chi connectivity index (χ3n) is 2.66. The van der Waals surface area contributed by atoms with Gasteiger partial charge in [-0.2, -0.15) is 0 Å². The largest absolute Gasteiger partial charge is 0.298 e. The SMILES string of the molecule is C=CCN1C(=O)C(=Cc2cccc(F)c2)C(=O)NC1=S. The van der Waals surface area contributed by atoms with E-state index in [-0.39, 0.29) is 17.2 Å². The molecule has 0 aliphatic carbocycles. The van der Waals surface area contributed by atoms with Gasteiger partial charge in [0.25, 0.3) is 11.8 Å². The summed E-state index contributed by atoms with van der Waals surface area (Å²) in [6.07, 6.45) is 2.83. The van der Waals surface area contributed by atoms with Crippen LogP contribution in [0.3, 0.4) is 0 Å². The van der Waals surface area contributed by atoms with Crippen molar-refractivity contribution < 1.29 is 14.0 Å². The van der Waals surface area contributed by atoms with Gasteiger partial charge in [-0.15, -0.1) is 6.58 Å². The van der Waals surface area contributed by atoms with E-state index in [1.54, 1.807) is 6.07 Å². The highest BCUT2D eigenvalue weighted by atomic mass is 32.1. The summed E-state index contributed by atoms with van der Waals surface area (Å²) >= 11 is 4.92. The van der Waals surface area contributed by atoms with Crippen molar-refractivity contribution in [1.29, 1.82) is 0 Å². The Hall–Kier alpha value is -2.34. The average molecular weight is 290 g/mol. The summed E-state index contributed by atoms with van der Waals surface area (Å²) in [7, 11) is 0. The lowest BCUT2D eigenvalue weighted by atomic mass is 10.1. The molecule has 102 valence electrons. The number of carbonyl (C=O) groups excluding carboxylic acids is 2. The van der Waals surface area contributed by atoms with Crippen LogP contribution in [0.2, 0.25) is 0 Å². The zero-order valence-electron chi connectivity index (χ0n) is 10.4. The molecule has 0 spiro atoms. The van der Waals surface area contributed by atoms with Crippen LogP contribution in [0, 0.1) is 5.82 Å². The number of halogens is 1. The topological polar surface area (TPSA) is 49.4 Å². The molecule has 0 aromatic heterocycles. The first-order chi connectivity index (χ1) is 9.52. The summed E-state index contributed by atoms with van der Waals surface area (Å²) in [5.41, 5.74) is 0.334. The molecule has 4 nitrogen and oxygen atoms in total. The van der Waals surface area contributed by atoms with E-state index in [4.69, 9.17) is 12.2 Å². The van der Waals surface area contributed by atoms with E-state index in [1.807, 2.05) is 0 Å². The monoisotopic (exact) mass is 290 g/mol. The molecule has 1 N–H and O–H groups in total. The van der Waals surface area contributed by atoms with Gasteiger partial charge in [0.2, 0.25) is 0 Å². The lowest BCUT2D eigenvalue weighted by molar-refractivity contribution is -0.128. The fraction of sp³-hybridized carbons (Fsp3) is 0.0714. The second-order valence-electron chi connectivity index (χ2n) is 4.08. The number of amides is 2. The number of carbonyl (C=O) groups is 2. The highest BCUT2D eigenvalue weighted by molar-refractivity contribution is 7.80. The Morgan fingerprint density at radius 3 is 2.80 bits per heavy atom. The van der Waals surface area contributed by atoms with Gasteiger partial charge in [-0.25, -0.2) is 4.39 Å². The molecule has 0 unspecified atom stereocenters. The van der Waals surface area contributed by atoms with Crippen LogP contribution < -0.4 is 5.32 Å². The fourth-order valence-corrected chi connectivity index (χ4v) is 2.00. The first kappa shape index (κ1) is 14.1. The van der Waals surface area contributed by atoms with Crippen molar-refractivity contribution in [3.05, 3.63) is 53.9 Å². The van der Waals surface area contributed by atoms with Crippen molar-refractivity contribution in [3.63, 3.8) is 0 Å². The van der Waals surface area contributed by atoms with Gasteiger partial charge >= 0.3 is 0 Å². The molecule has 0 atom stereocenters. The molecule has 1 heterocycles. The van der Waals surface area contributed by atoms with Crippen LogP contribution in [-0.4, -0.2) is 28.4 Å². The van der Waals surface area contributed by atoms with Crippen LogP contribution in [0.4, 0.5) is 4.39 Å². The van der Waals surface area contributed by atoms with Gasteiger partial charge in [0.1, 0.15) is 11.4 Å². The zero-order chi connectivity index (χ0) is 14.7. The number of nitrogens with one attached hydrogen (secondary N) is 1. The summed E-state index contributed by atoms with van der Waals surface area (Å²) in [6.45, 7) is 3.72. The molecule has 6 heteroatoms. The van der Waals surface area contributed by atoms with Crippen molar-refractivity contribution in [2.45, 2.75) is 0 Å². The zero-order valence-corrected chi connectivity index (χ0v) is 11.2. The molecule has 1 aliphatic rings. The van der Waals surface area contributed by atoms with Crippen LogP contribution in [0.1, 0.15) is 5.56 Å². The van der Waals surface area contributed by atoms with E-state index >= 15 is 0 Å². The minimum absolute atomic E-state index is 0.0382. The lowest BCUT2D eigenvalue weighted by Gasteiger charge is -2.27. The molecule has 0 saturated carbocycles. The van der Waals surface area contributed by atoms with Crippen LogP contribution in [-0.2, 0) is 9.59 Å². The van der Waals surface area contributed by atoms with Crippen LogP contribution >= 0.6 is 12.2 Å². The summed E-state index contributed by atoms with van der Waals surface area (Å²) < 4.78 is 13.1. The highest BCUT2D eigenvalue weighted by Crippen LogP contribution is 2.15. The van der Waals surface area contributed by atoms with Gasteiger partial charge in [-0.05, 0) is 36.0 Å². The molecule has 2 rings (SSSR count). The van der Waals surface area contributed by atoms with Crippen molar-refractivity contribution in [3.8, 4) is 0 Å². The summed E-state index contributed by atoms with van der Waals surface area (Å²) in [6, 6.07) is 5.61. The number of nitrogens with zero attached hydrogens (tertiary/aromatic N) is 1. The first-order valence-electron chi connectivity index (χ1n) is 5.78. The molecule has 20 heavy (non-hydrogen) atoms. The Kier molecular flexibility index (Phi) is 4.05. The Labute approximate surface area is 120 Å². The first-order valence-corrected chi connectivity index (χ1v) is 6.19. The van der Waals surface area contributed by atoms with Crippen LogP contribution in [0.25, 0.3) is 6.08 Å². The minimum Gasteiger partial charge on any atom is -0.298 e. The van der Waals surface area contributed by atoms with Gasteiger partial charge in [0.15, 0.2) is 5.11 Å². The van der Waals surface area contributed by atoms with Gasteiger partial charge in [0, 0.05) is 6.54 Å². The molecule has 1 fully saturated rings. The molecule has 0 radical (unpaired) electrons. The second kappa shape index (κ2) is 5.75. The molecule has 1 saturated heterocycles. The number of benzene rings is 1. The molecular weight excluding hydrogens is 279 g/mol. The van der Waals surface area contributed by atoms with E-state index in [2.05, 4.69) is 11.9 Å². The maximum absolute atomic E-state index is 13.1. The third-order valence-corrected chi connectivity index (χ3v) is 2.98. The van der Waals surface area contributed by atoms with Crippen LogP contribution in [0.15, 0.2) is 42.5 Å². The van der Waals surface area contributed by atoms with E-state index in [0.717, 1.165) is 0 Å². The fourth-order valence-electron chi connectivity index (χ4n) is 1.75. The van der Waals surface area contributed by atoms with Crippen LogP contribution in [0.5, 0.6) is 0 Å². The highest BCUT2D eigenvalue weighted by Gasteiger charge is 2.32. The molecule has 1 aliphatic heterocycles. The number of thiocarbonyl (C=S) groups is 1. The quantitative estimate of drug-likeness (QED) is 0.398. The van der Waals surface area contributed by atoms with Gasteiger partial charge < -0.3 is 0 Å². The summed E-state index contributed by atoms with van der Waals surface area (Å²) in [5, 5.41) is 2.46.